The van der Waals surface area contributed by atoms with Gasteiger partial charge in [0.15, 0.2) is 5.69 Å². The number of halogens is 4. The predicted octanol–water partition coefficient (Wildman–Crippen LogP) is 5.46. The van der Waals surface area contributed by atoms with Crippen LogP contribution in [0.1, 0.15) is 38.7 Å². The highest BCUT2D eigenvalue weighted by molar-refractivity contribution is 6.31. The van der Waals surface area contributed by atoms with E-state index < -0.39 is 23.3 Å². The van der Waals surface area contributed by atoms with Crippen LogP contribution in [0.25, 0.3) is 22.0 Å². The largest absolute Gasteiger partial charge is 0.491 e. The van der Waals surface area contributed by atoms with Crippen molar-refractivity contribution in [2.24, 2.45) is 0 Å². The molecule has 4 aromatic rings. The number of aromatic carboxylic acids is 1. The Bertz CT molecular complexity index is 1960. The van der Waals surface area contributed by atoms with Gasteiger partial charge in [-0.3, -0.25) is 9.36 Å². The fraction of sp³-hybridized carbons (Fsp3) is 0.344. The van der Waals surface area contributed by atoms with E-state index in [1.165, 1.54) is 16.4 Å². The third-order valence-electron chi connectivity index (χ3n) is 8.06. The lowest BCUT2D eigenvalue weighted by atomic mass is 9.98. The quantitative estimate of drug-likeness (QED) is 0.277. The average molecular weight is 655 g/mol. The number of carboxylic acid groups (broad SMARTS) is 1. The molecule has 1 aliphatic heterocycles. The molecule has 2 aromatic carbocycles. The van der Waals surface area contributed by atoms with Crippen LogP contribution in [0.5, 0.6) is 5.75 Å². The Balaban J connectivity index is 1.54. The maximum Gasteiger partial charge on any atom is 0.418 e. The number of nitriles is 1. The number of aromatic nitrogens is 3. The summed E-state index contributed by atoms with van der Waals surface area (Å²) >= 11 is 6.29. The number of rotatable bonds is 7. The van der Waals surface area contributed by atoms with Gasteiger partial charge < -0.3 is 19.6 Å². The number of aryl methyl sites for hydroxylation is 2. The van der Waals surface area contributed by atoms with Crippen LogP contribution >= 0.6 is 11.6 Å². The first-order valence-electron chi connectivity index (χ1n) is 14.3. The smallest absolute Gasteiger partial charge is 0.418 e. The first-order chi connectivity index (χ1) is 21.7. The number of hydrogen-bond acceptors (Lipinski definition) is 8. The molecule has 0 atom stereocenters. The van der Waals surface area contributed by atoms with Crippen LogP contribution in [0, 0.1) is 32.1 Å². The van der Waals surface area contributed by atoms with Crippen LogP contribution < -0.4 is 15.2 Å². The zero-order valence-electron chi connectivity index (χ0n) is 25.5. The number of fused-ring (bicyclic) bond motifs is 1. The number of hydrogen-bond donors (Lipinski definition) is 1. The summed E-state index contributed by atoms with van der Waals surface area (Å²) in [5.41, 5.74) is -0.690. The molecule has 0 amide bonds. The second-order valence-electron chi connectivity index (χ2n) is 11.1. The molecule has 2 aromatic heterocycles. The van der Waals surface area contributed by atoms with Crippen molar-refractivity contribution < 1.29 is 27.8 Å². The summed E-state index contributed by atoms with van der Waals surface area (Å²) in [6.45, 7) is 6.21. The van der Waals surface area contributed by atoms with Gasteiger partial charge in [0.1, 0.15) is 24.3 Å². The summed E-state index contributed by atoms with van der Waals surface area (Å²) in [4.78, 5) is 37.6. The van der Waals surface area contributed by atoms with Crippen molar-refractivity contribution in [1.29, 1.82) is 5.26 Å². The van der Waals surface area contributed by atoms with E-state index in [0.29, 0.717) is 46.2 Å². The molecule has 0 spiro atoms. The minimum atomic E-state index is -4.77. The van der Waals surface area contributed by atoms with Crippen molar-refractivity contribution in [2.45, 2.75) is 33.5 Å². The highest BCUT2D eigenvalue weighted by Crippen LogP contribution is 2.41. The lowest BCUT2D eigenvalue weighted by Crippen LogP contribution is -2.45. The van der Waals surface area contributed by atoms with Crippen molar-refractivity contribution in [3.8, 4) is 22.9 Å². The monoisotopic (exact) mass is 654 g/mol. The Labute approximate surface area is 267 Å². The molecule has 3 heterocycles. The third kappa shape index (κ3) is 6.23. The molecule has 14 heteroatoms. The fourth-order valence-electron chi connectivity index (χ4n) is 5.74. The van der Waals surface area contributed by atoms with Gasteiger partial charge in [-0.05, 0) is 69.3 Å². The summed E-state index contributed by atoms with van der Waals surface area (Å²) in [5.74, 6) is -0.673. The average Bonchev–Trinajstić information content (AvgIpc) is 2.99. The van der Waals surface area contributed by atoms with E-state index in [1.54, 1.807) is 38.1 Å². The molecular weight excluding hydrogens is 625 g/mol. The van der Waals surface area contributed by atoms with Gasteiger partial charge in [-0.25, -0.2) is 14.8 Å². The standard InChI is InChI=1S/C32H30ClF3N6O4/c1-17-13-21(18(2)28(38-17)31(44)45)22-14-20(33)5-6-26(22)46-12-11-42-19(3)39-25-15-24(32(34,35)36)29(23(16-37)27(25)30(42)43)41-9-7-40(4)8-10-41/h5-6,13-15H,7-12H2,1-4H3,(H,44,45). The maximum absolute atomic E-state index is 14.3. The van der Waals surface area contributed by atoms with Crippen molar-refractivity contribution in [2.75, 3.05) is 44.7 Å². The second kappa shape index (κ2) is 12.6. The zero-order chi connectivity index (χ0) is 33.5. The molecule has 1 fully saturated rings. The van der Waals surface area contributed by atoms with E-state index in [2.05, 4.69) is 9.97 Å². The van der Waals surface area contributed by atoms with Crippen molar-refractivity contribution >= 4 is 34.2 Å². The summed E-state index contributed by atoms with van der Waals surface area (Å²) in [5, 5.41) is 20.0. The number of piperazine rings is 1. The lowest BCUT2D eigenvalue weighted by molar-refractivity contribution is -0.137. The van der Waals surface area contributed by atoms with Crippen LogP contribution in [0.15, 0.2) is 35.1 Å². The fourth-order valence-corrected chi connectivity index (χ4v) is 5.91. The topological polar surface area (TPSA) is 125 Å². The molecule has 0 aliphatic carbocycles. The zero-order valence-corrected chi connectivity index (χ0v) is 26.3. The number of carbonyl (C=O) groups is 1. The van der Waals surface area contributed by atoms with Crippen molar-refractivity contribution in [3.05, 3.63) is 79.6 Å². The number of ether oxygens (including phenoxy) is 1. The number of likely N-dealkylation sites (N-methyl/N-ethyl adjacent to an activating group) is 1. The maximum atomic E-state index is 14.3. The molecule has 240 valence electrons. The molecule has 0 radical (unpaired) electrons. The number of carboxylic acids is 1. The van der Waals surface area contributed by atoms with E-state index in [9.17, 15) is 33.1 Å². The normalized spacial score (nSPS) is 14.0. The van der Waals surface area contributed by atoms with Gasteiger partial charge >= 0.3 is 12.1 Å². The Morgan fingerprint density at radius 3 is 2.41 bits per heavy atom. The summed E-state index contributed by atoms with van der Waals surface area (Å²) in [6, 6.07) is 9.32. The molecule has 0 bridgehead atoms. The van der Waals surface area contributed by atoms with Crippen molar-refractivity contribution in [3.63, 3.8) is 0 Å². The lowest BCUT2D eigenvalue weighted by Gasteiger charge is -2.36. The molecule has 46 heavy (non-hydrogen) atoms. The summed E-state index contributed by atoms with van der Waals surface area (Å²) in [6.07, 6.45) is -4.77. The molecule has 0 unspecified atom stereocenters. The first kappa shape index (κ1) is 32.7. The van der Waals surface area contributed by atoms with Crippen LogP contribution in [0.2, 0.25) is 5.02 Å². The van der Waals surface area contributed by atoms with Gasteiger partial charge in [0, 0.05) is 42.5 Å². The van der Waals surface area contributed by atoms with E-state index in [4.69, 9.17) is 16.3 Å². The van der Waals surface area contributed by atoms with Gasteiger partial charge in [-0.1, -0.05) is 11.6 Å². The Morgan fingerprint density at radius 1 is 1.09 bits per heavy atom. The van der Waals surface area contributed by atoms with Gasteiger partial charge in [0.25, 0.3) is 5.56 Å². The molecule has 1 saturated heterocycles. The predicted molar refractivity (Wildman–Crippen MR) is 167 cm³/mol. The van der Waals surface area contributed by atoms with E-state index >= 15 is 0 Å². The molecular formula is C32H30ClF3N6O4. The van der Waals surface area contributed by atoms with E-state index in [0.717, 1.165) is 6.07 Å². The third-order valence-corrected chi connectivity index (χ3v) is 8.29. The summed E-state index contributed by atoms with van der Waals surface area (Å²) in [7, 11) is 1.86. The van der Waals surface area contributed by atoms with Crippen LogP contribution in [-0.4, -0.2) is 70.3 Å². The highest BCUT2D eigenvalue weighted by atomic mass is 35.5. The van der Waals surface area contributed by atoms with Gasteiger partial charge in [-0.2, -0.15) is 18.4 Å². The molecule has 10 nitrogen and oxygen atoms in total. The van der Waals surface area contributed by atoms with E-state index in [-0.39, 0.29) is 59.9 Å². The number of anilines is 1. The molecule has 0 saturated carbocycles. The Morgan fingerprint density at radius 2 is 1.78 bits per heavy atom. The number of pyridine rings is 1. The molecule has 1 N–H and O–H groups in total. The summed E-state index contributed by atoms with van der Waals surface area (Å²) < 4.78 is 50.3. The Hall–Kier alpha value is -4.67. The van der Waals surface area contributed by atoms with Gasteiger partial charge in [-0.15, -0.1) is 0 Å². The van der Waals surface area contributed by atoms with Crippen molar-refractivity contribution in [1.82, 2.24) is 19.4 Å². The van der Waals surface area contributed by atoms with Gasteiger partial charge in [0.05, 0.1) is 34.3 Å². The number of alkyl halides is 3. The SMILES string of the molecule is Cc1cc(-c2cc(Cl)ccc2OCCn2c(C)nc3cc(C(F)(F)F)c(N4CCN(C)CC4)c(C#N)c3c2=O)c(C)c(C(=O)O)n1. The number of benzene rings is 2. The van der Waals surface area contributed by atoms with Crippen LogP contribution in [-0.2, 0) is 12.7 Å². The number of nitrogens with zero attached hydrogens (tertiary/aromatic N) is 6. The van der Waals surface area contributed by atoms with E-state index in [1.807, 2.05) is 18.0 Å². The minimum Gasteiger partial charge on any atom is -0.491 e. The van der Waals surface area contributed by atoms with Crippen LogP contribution in [0.4, 0.5) is 18.9 Å². The molecule has 5 rings (SSSR count). The van der Waals surface area contributed by atoms with Crippen LogP contribution in [0.3, 0.4) is 0 Å². The van der Waals surface area contributed by atoms with Gasteiger partial charge in [0.2, 0.25) is 0 Å². The highest BCUT2D eigenvalue weighted by Gasteiger charge is 2.39. The first-order valence-corrected chi connectivity index (χ1v) is 14.7. The second-order valence-corrected chi connectivity index (χ2v) is 11.6. The Kier molecular flexibility index (Phi) is 8.97. The minimum absolute atomic E-state index is 0.0415. The molecule has 1 aliphatic rings.